The van der Waals surface area contributed by atoms with Gasteiger partial charge in [0.25, 0.3) is 0 Å². The summed E-state index contributed by atoms with van der Waals surface area (Å²) in [5.74, 6) is 0.833. The van der Waals surface area contributed by atoms with E-state index in [9.17, 15) is 0 Å². The first kappa shape index (κ1) is 56.2. The molecule has 0 aliphatic carbocycles. The van der Waals surface area contributed by atoms with E-state index in [2.05, 4.69) is 48.5 Å². The third kappa shape index (κ3) is 0. The first-order valence-electron chi connectivity index (χ1n) is 5.56. The van der Waals surface area contributed by atoms with Crippen molar-refractivity contribution in [2.75, 3.05) is 0 Å². The largest absolute Gasteiger partial charge is 0.0776 e. The van der Waals surface area contributed by atoms with E-state index in [1.54, 1.807) is 0 Å². The maximum absolute atomic E-state index is 2.17. The van der Waals surface area contributed by atoms with Gasteiger partial charge in [0.05, 0.1) is 0 Å². The smallest absolute Gasteiger partial charge is 0.0500 e. The van der Waals surface area contributed by atoms with Crippen LogP contribution in [0.2, 0.25) is 0 Å². The Morgan fingerprint density at radius 2 is 0.562 bits per heavy atom. The molecular weight excluding hydrogens is 192 g/mol. The third-order valence-corrected chi connectivity index (χ3v) is 0. The molecule has 0 aromatic rings. The van der Waals surface area contributed by atoms with Crippen molar-refractivity contribution in [3.05, 3.63) is 0 Å². The van der Waals surface area contributed by atoms with E-state index in [0.29, 0.717) is 0 Å². The van der Waals surface area contributed by atoms with Crippen LogP contribution in [0, 0.1) is 5.92 Å². The fourth-order valence-electron chi connectivity index (χ4n) is 0. The molecule has 0 fully saturated rings. The first-order chi connectivity index (χ1) is 5.56. The summed E-state index contributed by atoms with van der Waals surface area (Å²) < 4.78 is 0. The zero-order chi connectivity index (χ0) is 11.0. The molecule has 0 amide bonds. The average Bonchev–Trinajstić information content (AvgIpc) is 1.92. The van der Waals surface area contributed by atoms with E-state index in [0.717, 1.165) is 5.92 Å². The van der Waals surface area contributed by atoms with Crippen LogP contribution in [0.5, 0.6) is 0 Å². The minimum atomic E-state index is 0. The maximum atomic E-state index is 2.17. The molecule has 0 saturated heterocycles. The lowest BCUT2D eigenvalue weighted by molar-refractivity contribution is 0.737. The molecule has 0 saturated carbocycles. The van der Waals surface area contributed by atoms with Gasteiger partial charge in [0.2, 0.25) is 0 Å². The van der Waals surface area contributed by atoms with Gasteiger partial charge in [0.15, 0.2) is 0 Å². The van der Waals surface area contributed by atoms with E-state index >= 15 is 0 Å². The Balaban J connectivity index is -0.00000000839. The molecule has 0 atom stereocenters. The van der Waals surface area contributed by atoms with E-state index in [-0.39, 0.29) is 29.7 Å². The van der Waals surface area contributed by atoms with E-state index in [4.69, 9.17) is 0 Å². The van der Waals surface area contributed by atoms with Crippen molar-refractivity contribution < 1.29 is 0 Å². The van der Waals surface area contributed by atoms with Gasteiger partial charge in [-0.05, 0) is 5.92 Å². The number of rotatable bonds is 0. The lowest BCUT2D eigenvalue weighted by Crippen LogP contribution is -1.66. The van der Waals surface area contributed by atoms with Crippen LogP contribution in [-0.4, -0.2) is 0 Å². The third-order valence-electron chi connectivity index (χ3n) is 0. The van der Waals surface area contributed by atoms with Crippen LogP contribution in [0.3, 0.4) is 0 Å². The topological polar surface area (TPSA) is 0 Å². The van der Waals surface area contributed by atoms with Gasteiger partial charge in [-0.25, -0.2) is 0 Å². The van der Waals surface area contributed by atoms with Crippen LogP contribution in [0.25, 0.3) is 0 Å². The lowest BCUT2D eigenvalue weighted by atomic mass is 10.3. The summed E-state index contributed by atoms with van der Waals surface area (Å²) in [6.07, 6.45) is 2.50. The molecule has 0 nitrogen and oxygen atoms in total. The lowest BCUT2D eigenvalue weighted by Gasteiger charge is -1.79. The van der Waals surface area contributed by atoms with Crippen LogP contribution in [0.15, 0.2) is 0 Å². The molecular formula is C16H48. The second-order valence-corrected chi connectivity index (χ2v) is 3.15. The molecule has 0 aromatic carbocycles. The fraction of sp³-hybridized carbons (Fsp3) is 1.00. The van der Waals surface area contributed by atoms with Crippen LogP contribution in [0.4, 0.5) is 0 Å². The molecule has 0 rings (SSSR count). The SMILES string of the molecule is C.C.C.C.CC.CC(C)C.CCC.CCC. The predicted octanol–water partition coefficient (Wildman–Crippen LogP) is 8.07. The summed E-state index contributed by atoms with van der Waals surface area (Å²) in [4.78, 5) is 0. The highest BCUT2D eigenvalue weighted by Gasteiger charge is 1.68. The van der Waals surface area contributed by atoms with Gasteiger partial charge in [-0.2, -0.15) is 0 Å². The zero-order valence-electron chi connectivity index (χ0n) is 11.0. The number of hydrogen-bond acceptors (Lipinski definition) is 0. The van der Waals surface area contributed by atoms with Crippen molar-refractivity contribution in [2.45, 2.75) is 105 Å². The summed E-state index contributed by atoms with van der Waals surface area (Å²) in [6.45, 7) is 19.0. The minimum absolute atomic E-state index is 0. The molecule has 0 heteroatoms. The van der Waals surface area contributed by atoms with Gasteiger partial charge in [-0.1, -0.05) is 105 Å². The van der Waals surface area contributed by atoms with Crippen molar-refractivity contribution in [3.63, 3.8) is 0 Å². The number of hydrogen-bond donors (Lipinski definition) is 0. The fourth-order valence-corrected chi connectivity index (χ4v) is 0. The highest BCUT2D eigenvalue weighted by Crippen LogP contribution is 1.81. The van der Waals surface area contributed by atoms with Crippen LogP contribution >= 0.6 is 0 Å². The molecule has 0 heterocycles. The molecule has 0 aliphatic heterocycles. The first-order valence-corrected chi connectivity index (χ1v) is 5.56. The Bertz CT molecular complexity index is 16.5. The summed E-state index contributed by atoms with van der Waals surface area (Å²) in [5.41, 5.74) is 0. The summed E-state index contributed by atoms with van der Waals surface area (Å²) in [5, 5.41) is 0. The monoisotopic (exact) mass is 240 g/mol. The van der Waals surface area contributed by atoms with Gasteiger partial charge >= 0.3 is 0 Å². The molecule has 0 radical (unpaired) electrons. The standard InChI is InChI=1S/C4H10.2C3H8.C2H6.4CH4/c1-4(2)3;2*1-3-2;1-2;;;;/h4H,1-3H3;2*3H2,1-2H3;1-2H3;4*1H4. The average molecular weight is 241 g/mol. The molecule has 0 bridgehead atoms. The second-order valence-electron chi connectivity index (χ2n) is 3.15. The van der Waals surface area contributed by atoms with Crippen LogP contribution < -0.4 is 0 Å². The Kier molecular flexibility index (Phi) is 413. The Labute approximate surface area is 111 Å². The summed E-state index contributed by atoms with van der Waals surface area (Å²) >= 11 is 0. The van der Waals surface area contributed by atoms with E-state index < -0.39 is 0 Å². The Morgan fingerprint density at radius 1 is 0.562 bits per heavy atom. The van der Waals surface area contributed by atoms with Crippen molar-refractivity contribution in [2.24, 2.45) is 5.92 Å². The van der Waals surface area contributed by atoms with Gasteiger partial charge < -0.3 is 0 Å². The Hall–Kier alpha value is 0. The Morgan fingerprint density at radius 3 is 0.562 bits per heavy atom. The molecule has 0 unspecified atom stereocenters. The van der Waals surface area contributed by atoms with Crippen LogP contribution in [0.1, 0.15) is 105 Å². The van der Waals surface area contributed by atoms with E-state index in [1.165, 1.54) is 12.8 Å². The highest BCUT2D eigenvalue weighted by molar-refractivity contribution is 4.20. The minimum Gasteiger partial charge on any atom is -0.0776 e. The second kappa shape index (κ2) is 118. The molecule has 0 aromatic heterocycles. The van der Waals surface area contributed by atoms with Gasteiger partial charge in [0, 0.05) is 0 Å². The van der Waals surface area contributed by atoms with Gasteiger partial charge in [-0.15, -0.1) is 0 Å². The zero-order valence-corrected chi connectivity index (χ0v) is 11.0. The summed E-state index contributed by atoms with van der Waals surface area (Å²) in [6, 6.07) is 0. The van der Waals surface area contributed by atoms with Gasteiger partial charge in [0.1, 0.15) is 0 Å². The van der Waals surface area contributed by atoms with Crippen molar-refractivity contribution in [1.29, 1.82) is 0 Å². The van der Waals surface area contributed by atoms with E-state index in [1.807, 2.05) is 13.8 Å². The van der Waals surface area contributed by atoms with Crippen LogP contribution in [-0.2, 0) is 0 Å². The molecule has 112 valence electrons. The quantitative estimate of drug-likeness (QED) is 0.401. The predicted molar refractivity (Wildman–Crippen MR) is 90.7 cm³/mol. The van der Waals surface area contributed by atoms with Gasteiger partial charge in [-0.3, -0.25) is 0 Å². The molecule has 0 spiro atoms. The maximum Gasteiger partial charge on any atom is -0.0500 e. The van der Waals surface area contributed by atoms with Crippen molar-refractivity contribution >= 4 is 0 Å². The highest BCUT2D eigenvalue weighted by atomic mass is 13.7. The summed E-state index contributed by atoms with van der Waals surface area (Å²) in [7, 11) is 0. The molecule has 16 heavy (non-hydrogen) atoms. The molecule has 0 N–H and O–H groups in total. The molecule has 0 aliphatic rings. The van der Waals surface area contributed by atoms with Crippen molar-refractivity contribution in [3.8, 4) is 0 Å². The normalized spacial score (nSPS) is 4.88. The van der Waals surface area contributed by atoms with Crippen molar-refractivity contribution in [1.82, 2.24) is 0 Å².